The number of carbonyl (C=O) groups is 2. The van der Waals surface area contributed by atoms with Gasteiger partial charge in [0.2, 0.25) is 15.9 Å². The zero-order chi connectivity index (χ0) is 26.0. The highest BCUT2D eigenvalue weighted by molar-refractivity contribution is 7.92. The van der Waals surface area contributed by atoms with E-state index >= 15 is 0 Å². The van der Waals surface area contributed by atoms with Crippen LogP contribution in [0.25, 0.3) is 0 Å². The Morgan fingerprint density at radius 2 is 1.71 bits per heavy atom. The molecule has 0 unspecified atom stereocenters. The largest absolute Gasteiger partial charge is 0.384 e. The third kappa shape index (κ3) is 6.02. The number of nitrogens with zero attached hydrogens (tertiary/aromatic N) is 1. The molecule has 9 heteroatoms. The standard InChI is InChI=1S/C26H35N3O5S/c1-18(2)22(27-23(30)19-10-9-13-21(16-19)28-35(5,33)34)24(31)29-15-14-26(32,25(3,4)17-29)20-11-7-6-8-12-20/h6-13,16,18,22,28,32H,14-15,17H2,1-5H3,(H,27,30)/t22-,26+/m1/s1. The zero-order valence-electron chi connectivity index (χ0n) is 20.9. The summed E-state index contributed by atoms with van der Waals surface area (Å²) in [5, 5.41) is 14.4. The van der Waals surface area contributed by atoms with E-state index < -0.39 is 33.0 Å². The van der Waals surface area contributed by atoms with Gasteiger partial charge in [-0.2, -0.15) is 0 Å². The first-order valence-electron chi connectivity index (χ1n) is 11.7. The Kier molecular flexibility index (Phi) is 7.62. The number of anilines is 1. The summed E-state index contributed by atoms with van der Waals surface area (Å²) < 4.78 is 25.4. The zero-order valence-corrected chi connectivity index (χ0v) is 21.7. The molecule has 35 heavy (non-hydrogen) atoms. The smallest absolute Gasteiger partial charge is 0.252 e. The molecule has 1 aliphatic rings. The molecule has 3 N–H and O–H groups in total. The van der Waals surface area contributed by atoms with Gasteiger partial charge in [-0.3, -0.25) is 14.3 Å². The van der Waals surface area contributed by atoms with Crippen molar-refractivity contribution in [2.24, 2.45) is 11.3 Å². The van der Waals surface area contributed by atoms with Gasteiger partial charge in [0.15, 0.2) is 0 Å². The van der Waals surface area contributed by atoms with Gasteiger partial charge in [-0.25, -0.2) is 8.42 Å². The predicted molar refractivity (Wildman–Crippen MR) is 136 cm³/mol. The summed E-state index contributed by atoms with van der Waals surface area (Å²) in [4.78, 5) is 28.2. The van der Waals surface area contributed by atoms with Crippen molar-refractivity contribution in [2.75, 3.05) is 24.1 Å². The van der Waals surface area contributed by atoms with Crippen LogP contribution in [-0.2, 0) is 20.4 Å². The van der Waals surface area contributed by atoms with Gasteiger partial charge in [-0.05, 0) is 36.1 Å². The number of rotatable bonds is 7. The number of hydrogen-bond acceptors (Lipinski definition) is 5. The lowest BCUT2D eigenvalue weighted by atomic mass is 9.66. The van der Waals surface area contributed by atoms with Crippen LogP contribution < -0.4 is 10.0 Å². The number of piperidine rings is 1. The lowest BCUT2D eigenvalue weighted by Gasteiger charge is -2.51. The van der Waals surface area contributed by atoms with Crippen molar-refractivity contribution >= 4 is 27.5 Å². The summed E-state index contributed by atoms with van der Waals surface area (Å²) in [5.41, 5.74) is -0.345. The van der Waals surface area contributed by atoms with E-state index in [1.165, 1.54) is 6.07 Å². The number of sulfonamides is 1. The van der Waals surface area contributed by atoms with Gasteiger partial charge in [-0.15, -0.1) is 0 Å². The maximum atomic E-state index is 13.5. The Morgan fingerprint density at radius 3 is 2.29 bits per heavy atom. The van der Waals surface area contributed by atoms with Crippen LogP contribution in [0.4, 0.5) is 5.69 Å². The molecule has 0 saturated carbocycles. The lowest BCUT2D eigenvalue weighted by molar-refractivity contribution is -0.155. The molecule has 2 aromatic rings. The number of carbonyl (C=O) groups excluding carboxylic acids is 2. The molecular formula is C26H35N3O5S. The van der Waals surface area contributed by atoms with Gasteiger partial charge in [0.25, 0.3) is 5.91 Å². The van der Waals surface area contributed by atoms with E-state index in [-0.39, 0.29) is 23.1 Å². The third-order valence-electron chi connectivity index (χ3n) is 6.66. The molecule has 3 rings (SSSR count). The van der Waals surface area contributed by atoms with Crippen molar-refractivity contribution in [2.45, 2.75) is 45.8 Å². The van der Waals surface area contributed by atoms with Crippen LogP contribution in [0.3, 0.4) is 0 Å². The van der Waals surface area contributed by atoms with Crippen molar-refractivity contribution < 1.29 is 23.1 Å². The molecule has 2 amide bonds. The lowest BCUT2D eigenvalue weighted by Crippen LogP contribution is -2.60. The van der Waals surface area contributed by atoms with E-state index in [4.69, 9.17) is 0 Å². The fraction of sp³-hybridized carbons (Fsp3) is 0.462. The van der Waals surface area contributed by atoms with Gasteiger partial charge in [0.1, 0.15) is 6.04 Å². The first kappa shape index (κ1) is 26.7. The van der Waals surface area contributed by atoms with Crippen LogP contribution in [0.2, 0.25) is 0 Å². The van der Waals surface area contributed by atoms with E-state index in [1.54, 1.807) is 23.1 Å². The number of amides is 2. The van der Waals surface area contributed by atoms with E-state index in [9.17, 15) is 23.1 Å². The molecule has 2 atom stereocenters. The van der Waals surface area contributed by atoms with Crippen LogP contribution in [-0.4, -0.2) is 55.6 Å². The SMILES string of the molecule is CC(C)[C@@H](NC(=O)c1cccc(NS(C)(=O)=O)c1)C(=O)N1CC[C@](O)(c2ccccc2)C(C)(C)C1. The molecule has 0 aliphatic carbocycles. The van der Waals surface area contributed by atoms with Gasteiger partial charge in [0, 0.05) is 29.8 Å². The molecule has 1 fully saturated rings. The summed E-state index contributed by atoms with van der Waals surface area (Å²) in [5.74, 6) is -0.852. The van der Waals surface area contributed by atoms with Gasteiger partial charge in [0.05, 0.1) is 11.9 Å². The summed E-state index contributed by atoms with van der Waals surface area (Å²) in [7, 11) is -3.49. The van der Waals surface area contributed by atoms with Gasteiger partial charge < -0.3 is 15.3 Å². The average molecular weight is 502 g/mol. The number of likely N-dealkylation sites (tertiary alicyclic amines) is 1. The van der Waals surface area contributed by atoms with Gasteiger partial charge in [-0.1, -0.05) is 64.1 Å². The second-order valence-electron chi connectivity index (χ2n) is 10.3. The first-order chi connectivity index (χ1) is 16.2. The monoisotopic (exact) mass is 501 g/mol. The van der Waals surface area contributed by atoms with Crippen molar-refractivity contribution in [3.8, 4) is 0 Å². The van der Waals surface area contributed by atoms with E-state index in [0.29, 0.717) is 19.5 Å². The van der Waals surface area contributed by atoms with Crippen LogP contribution in [0.15, 0.2) is 54.6 Å². The summed E-state index contributed by atoms with van der Waals surface area (Å²) in [6, 6.07) is 14.9. The third-order valence-corrected chi connectivity index (χ3v) is 7.27. The highest BCUT2D eigenvalue weighted by atomic mass is 32.2. The average Bonchev–Trinajstić information content (AvgIpc) is 2.78. The maximum Gasteiger partial charge on any atom is 0.252 e. The van der Waals surface area contributed by atoms with E-state index in [0.717, 1.165) is 11.8 Å². The van der Waals surface area contributed by atoms with Crippen LogP contribution >= 0.6 is 0 Å². The van der Waals surface area contributed by atoms with Crippen molar-refractivity contribution in [1.29, 1.82) is 0 Å². The second-order valence-corrected chi connectivity index (χ2v) is 12.0. The molecule has 190 valence electrons. The molecular weight excluding hydrogens is 466 g/mol. The highest BCUT2D eigenvalue weighted by Crippen LogP contribution is 2.46. The van der Waals surface area contributed by atoms with E-state index in [2.05, 4.69) is 10.0 Å². The predicted octanol–water partition coefficient (Wildman–Crippen LogP) is 2.96. The summed E-state index contributed by atoms with van der Waals surface area (Å²) in [6.07, 6.45) is 1.42. The molecule has 1 heterocycles. The van der Waals surface area contributed by atoms with Gasteiger partial charge >= 0.3 is 0 Å². The maximum absolute atomic E-state index is 13.5. The Bertz CT molecular complexity index is 1180. The fourth-order valence-corrected chi connectivity index (χ4v) is 5.19. The highest BCUT2D eigenvalue weighted by Gasteiger charge is 2.50. The molecule has 2 aromatic carbocycles. The van der Waals surface area contributed by atoms with E-state index in [1.807, 2.05) is 58.0 Å². The Labute approximate surface area is 207 Å². The Hall–Kier alpha value is -2.91. The quantitative estimate of drug-likeness (QED) is 0.540. The van der Waals surface area contributed by atoms with Crippen molar-refractivity contribution in [3.05, 3.63) is 65.7 Å². The van der Waals surface area contributed by atoms with Crippen molar-refractivity contribution in [3.63, 3.8) is 0 Å². The number of aliphatic hydroxyl groups is 1. The molecule has 1 saturated heterocycles. The van der Waals surface area contributed by atoms with Crippen LogP contribution in [0.5, 0.6) is 0 Å². The second kappa shape index (κ2) is 9.99. The topological polar surface area (TPSA) is 116 Å². The number of hydrogen-bond donors (Lipinski definition) is 3. The number of benzene rings is 2. The van der Waals surface area contributed by atoms with Crippen LogP contribution in [0.1, 0.15) is 50.0 Å². The molecule has 0 bridgehead atoms. The first-order valence-corrected chi connectivity index (χ1v) is 13.6. The minimum absolute atomic E-state index is 0.179. The summed E-state index contributed by atoms with van der Waals surface area (Å²) >= 11 is 0. The minimum Gasteiger partial charge on any atom is -0.384 e. The normalized spacial score (nSPS) is 20.8. The summed E-state index contributed by atoms with van der Waals surface area (Å²) in [6.45, 7) is 8.32. The Balaban J connectivity index is 1.76. The molecule has 0 aromatic heterocycles. The van der Waals surface area contributed by atoms with Crippen LogP contribution in [0, 0.1) is 11.3 Å². The minimum atomic E-state index is -3.49. The van der Waals surface area contributed by atoms with Crippen molar-refractivity contribution in [1.82, 2.24) is 10.2 Å². The molecule has 0 radical (unpaired) electrons. The molecule has 0 spiro atoms. The fourth-order valence-electron chi connectivity index (χ4n) is 4.63. The molecule has 8 nitrogen and oxygen atoms in total. The molecule has 1 aliphatic heterocycles. The number of nitrogens with one attached hydrogen (secondary N) is 2. The Morgan fingerprint density at radius 1 is 1.06 bits per heavy atom.